The van der Waals surface area contributed by atoms with Crippen molar-refractivity contribution in [1.29, 1.82) is 0 Å². The monoisotopic (exact) mass is 440 g/mol. The SMILES string of the molecule is CCc1nccc(CCCCCNC(=O)NCCCCCc2ccnc(C(C)(C)C)n2)n1. The molecule has 2 aromatic rings. The number of aromatic nitrogens is 4. The van der Waals surface area contributed by atoms with E-state index in [0.29, 0.717) is 13.1 Å². The molecule has 0 radical (unpaired) electrons. The summed E-state index contributed by atoms with van der Waals surface area (Å²) in [7, 11) is 0. The number of rotatable bonds is 13. The smallest absolute Gasteiger partial charge is 0.314 e. The van der Waals surface area contributed by atoms with E-state index in [0.717, 1.165) is 80.8 Å². The molecule has 2 aromatic heterocycles. The van der Waals surface area contributed by atoms with Crippen LogP contribution < -0.4 is 10.6 Å². The number of carbonyl (C=O) groups excluding carboxylic acids is 1. The quantitative estimate of drug-likeness (QED) is 0.446. The van der Waals surface area contributed by atoms with E-state index >= 15 is 0 Å². The van der Waals surface area contributed by atoms with Gasteiger partial charge < -0.3 is 10.6 Å². The van der Waals surface area contributed by atoms with Crippen molar-refractivity contribution in [3.63, 3.8) is 0 Å². The third-order valence-electron chi connectivity index (χ3n) is 5.25. The van der Waals surface area contributed by atoms with Crippen molar-refractivity contribution in [3.8, 4) is 0 Å². The molecule has 0 bridgehead atoms. The zero-order valence-corrected chi connectivity index (χ0v) is 20.3. The Morgan fingerprint density at radius 1 is 0.812 bits per heavy atom. The third kappa shape index (κ3) is 10.2. The van der Waals surface area contributed by atoms with Gasteiger partial charge in [-0.3, -0.25) is 0 Å². The van der Waals surface area contributed by atoms with Crippen molar-refractivity contribution in [3.05, 3.63) is 47.6 Å². The predicted octanol–water partition coefficient (Wildman–Crippen LogP) is 4.55. The van der Waals surface area contributed by atoms with Crippen molar-refractivity contribution in [1.82, 2.24) is 30.6 Å². The molecule has 0 spiro atoms. The first-order chi connectivity index (χ1) is 15.4. The van der Waals surface area contributed by atoms with Gasteiger partial charge in [0, 0.05) is 48.7 Å². The summed E-state index contributed by atoms with van der Waals surface area (Å²) in [6.07, 6.45) is 12.7. The molecule has 0 fully saturated rings. The Morgan fingerprint density at radius 2 is 1.38 bits per heavy atom. The fourth-order valence-corrected chi connectivity index (χ4v) is 3.33. The molecule has 0 aliphatic heterocycles. The predicted molar refractivity (Wildman–Crippen MR) is 129 cm³/mol. The number of nitrogens with one attached hydrogen (secondary N) is 2. The Morgan fingerprint density at radius 3 is 1.94 bits per heavy atom. The fraction of sp³-hybridized carbons (Fsp3) is 0.640. The second-order valence-electron chi connectivity index (χ2n) is 9.24. The van der Waals surface area contributed by atoms with Crippen LogP contribution in [0.2, 0.25) is 0 Å². The lowest BCUT2D eigenvalue weighted by Gasteiger charge is -2.16. The number of urea groups is 1. The highest BCUT2D eigenvalue weighted by atomic mass is 16.2. The number of hydrogen-bond acceptors (Lipinski definition) is 5. The lowest BCUT2D eigenvalue weighted by atomic mass is 9.95. The van der Waals surface area contributed by atoms with Gasteiger partial charge in [0.25, 0.3) is 0 Å². The van der Waals surface area contributed by atoms with Crippen LogP contribution in [0.5, 0.6) is 0 Å². The molecule has 176 valence electrons. The van der Waals surface area contributed by atoms with Crippen LogP contribution in [0.25, 0.3) is 0 Å². The summed E-state index contributed by atoms with van der Waals surface area (Å²) in [4.78, 5) is 29.7. The van der Waals surface area contributed by atoms with Crippen LogP contribution in [0.1, 0.15) is 89.3 Å². The average Bonchev–Trinajstić information content (AvgIpc) is 2.78. The van der Waals surface area contributed by atoms with Gasteiger partial charge >= 0.3 is 6.03 Å². The fourth-order valence-electron chi connectivity index (χ4n) is 3.33. The van der Waals surface area contributed by atoms with Crippen LogP contribution in [-0.2, 0) is 24.7 Å². The minimum Gasteiger partial charge on any atom is -0.338 e. The first-order valence-electron chi connectivity index (χ1n) is 12.0. The van der Waals surface area contributed by atoms with E-state index in [1.54, 1.807) is 0 Å². The van der Waals surface area contributed by atoms with Gasteiger partial charge in [0.1, 0.15) is 11.6 Å². The Labute approximate surface area is 193 Å². The number of amides is 2. The van der Waals surface area contributed by atoms with Gasteiger partial charge in [0.2, 0.25) is 0 Å². The van der Waals surface area contributed by atoms with Crippen LogP contribution in [0.15, 0.2) is 24.5 Å². The summed E-state index contributed by atoms with van der Waals surface area (Å²) >= 11 is 0. The highest BCUT2D eigenvalue weighted by Gasteiger charge is 2.17. The van der Waals surface area contributed by atoms with Gasteiger partial charge in [0.15, 0.2) is 0 Å². The van der Waals surface area contributed by atoms with Gasteiger partial charge in [-0.2, -0.15) is 0 Å². The van der Waals surface area contributed by atoms with Crippen molar-refractivity contribution in [2.45, 2.75) is 90.9 Å². The van der Waals surface area contributed by atoms with E-state index < -0.39 is 0 Å². The molecule has 0 aromatic carbocycles. The largest absolute Gasteiger partial charge is 0.338 e. The number of hydrogen-bond donors (Lipinski definition) is 2. The van der Waals surface area contributed by atoms with E-state index in [2.05, 4.69) is 58.3 Å². The Balaban J connectivity index is 1.46. The number of aryl methyl sites for hydroxylation is 3. The van der Waals surface area contributed by atoms with E-state index in [-0.39, 0.29) is 11.4 Å². The molecule has 7 heteroatoms. The summed E-state index contributed by atoms with van der Waals surface area (Å²) in [5, 5.41) is 5.89. The Kier molecular flexibility index (Phi) is 11.0. The summed E-state index contributed by atoms with van der Waals surface area (Å²) in [5.74, 6) is 1.80. The second-order valence-corrected chi connectivity index (χ2v) is 9.24. The zero-order chi connectivity index (χ0) is 23.2. The summed E-state index contributed by atoms with van der Waals surface area (Å²) < 4.78 is 0. The van der Waals surface area contributed by atoms with Gasteiger partial charge in [0.05, 0.1) is 0 Å². The topological polar surface area (TPSA) is 92.7 Å². The lowest BCUT2D eigenvalue weighted by Crippen LogP contribution is -2.36. The molecule has 0 atom stereocenters. The number of nitrogens with zero attached hydrogens (tertiary/aromatic N) is 4. The molecule has 2 amide bonds. The number of unbranched alkanes of at least 4 members (excludes halogenated alkanes) is 4. The number of carbonyl (C=O) groups is 1. The maximum atomic E-state index is 11.9. The molecule has 7 nitrogen and oxygen atoms in total. The lowest BCUT2D eigenvalue weighted by molar-refractivity contribution is 0.240. The molecule has 32 heavy (non-hydrogen) atoms. The minimum absolute atomic E-state index is 0.0250. The maximum Gasteiger partial charge on any atom is 0.314 e. The summed E-state index contributed by atoms with van der Waals surface area (Å²) in [5.41, 5.74) is 2.18. The second kappa shape index (κ2) is 13.8. The summed E-state index contributed by atoms with van der Waals surface area (Å²) in [6, 6.07) is 3.91. The van der Waals surface area contributed by atoms with Crippen LogP contribution in [0, 0.1) is 0 Å². The molecule has 0 aliphatic rings. The van der Waals surface area contributed by atoms with Crippen LogP contribution in [0.3, 0.4) is 0 Å². The maximum absolute atomic E-state index is 11.9. The zero-order valence-electron chi connectivity index (χ0n) is 20.3. The van der Waals surface area contributed by atoms with Crippen molar-refractivity contribution < 1.29 is 4.79 Å². The molecule has 2 rings (SSSR count). The molecular weight excluding hydrogens is 400 g/mol. The van der Waals surface area contributed by atoms with Gasteiger partial charge in [-0.05, 0) is 50.7 Å². The summed E-state index contributed by atoms with van der Waals surface area (Å²) in [6.45, 7) is 9.87. The van der Waals surface area contributed by atoms with Gasteiger partial charge in [-0.25, -0.2) is 24.7 Å². The van der Waals surface area contributed by atoms with Crippen LogP contribution >= 0.6 is 0 Å². The molecule has 0 aliphatic carbocycles. The van der Waals surface area contributed by atoms with Gasteiger partial charge in [-0.1, -0.05) is 40.5 Å². The van der Waals surface area contributed by atoms with E-state index in [4.69, 9.17) is 0 Å². The van der Waals surface area contributed by atoms with Crippen LogP contribution in [-0.4, -0.2) is 39.1 Å². The highest BCUT2D eigenvalue weighted by molar-refractivity contribution is 5.73. The van der Waals surface area contributed by atoms with Crippen molar-refractivity contribution in [2.75, 3.05) is 13.1 Å². The van der Waals surface area contributed by atoms with E-state index in [1.807, 2.05) is 24.5 Å². The van der Waals surface area contributed by atoms with E-state index in [9.17, 15) is 4.79 Å². The van der Waals surface area contributed by atoms with Gasteiger partial charge in [-0.15, -0.1) is 0 Å². The third-order valence-corrected chi connectivity index (χ3v) is 5.25. The molecule has 0 saturated heterocycles. The Hall–Kier alpha value is -2.57. The first-order valence-corrected chi connectivity index (χ1v) is 12.0. The highest BCUT2D eigenvalue weighted by Crippen LogP contribution is 2.18. The molecule has 2 N–H and O–H groups in total. The van der Waals surface area contributed by atoms with E-state index in [1.165, 1.54) is 0 Å². The standard InChI is InChI=1S/C25H40N6O/c1-5-22-26-18-14-20(30-22)12-8-6-10-16-28-24(32)29-17-11-7-9-13-21-15-19-27-23(31-21)25(2,3)4/h14-15,18-19H,5-13,16-17H2,1-4H3,(H2,28,29,32). The van der Waals surface area contributed by atoms with Crippen molar-refractivity contribution in [2.24, 2.45) is 0 Å². The first kappa shape index (κ1) is 25.7. The Bertz CT molecular complexity index is 818. The normalized spacial score (nSPS) is 11.4. The molecule has 0 saturated carbocycles. The minimum atomic E-state index is -0.0704. The van der Waals surface area contributed by atoms with Crippen LogP contribution in [0.4, 0.5) is 4.79 Å². The molecule has 2 heterocycles. The molecule has 0 unspecified atom stereocenters. The van der Waals surface area contributed by atoms with Crippen molar-refractivity contribution >= 4 is 6.03 Å². The molecular formula is C25H40N6O. The average molecular weight is 441 g/mol.